The molecule has 0 bridgehead atoms. The number of halogens is 2. The summed E-state index contributed by atoms with van der Waals surface area (Å²) in [7, 11) is 2.04. The number of nitrogens with zero attached hydrogens (tertiary/aromatic N) is 2. The van der Waals surface area contributed by atoms with Crippen LogP contribution in [0.3, 0.4) is 0 Å². The number of carbonyl (C=O) groups is 1. The van der Waals surface area contributed by atoms with E-state index in [-0.39, 0.29) is 29.1 Å². The molecular weight excluding hydrogens is 448 g/mol. The highest BCUT2D eigenvalue weighted by Gasteiger charge is 2.30. The van der Waals surface area contributed by atoms with Crippen molar-refractivity contribution in [3.63, 3.8) is 0 Å². The number of likely N-dealkylation sites (tertiary alicyclic amines) is 1. The molecule has 7 heteroatoms. The topological polar surface area (TPSA) is 54.3 Å². The van der Waals surface area contributed by atoms with E-state index in [9.17, 15) is 18.4 Å². The molecule has 2 aromatic carbocycles. The fourth-order valence-electron chi connectivity index (χ4n) is 5.43. The highest BCUT2D eigenvalue weighted by Crippen LogP contribution is 2.38. The van der Waals surface area contributed by atoms with Gasteiger partial charge in [0.1, 0.15) is 11.6 Å². The van der Waals surface area contributed by atoms with Crippen LogP contribution >= 0.6 is 0 Å². The maximum Gasteiger partial charge on any atom is 0.261 e. The van der Waals surface area contributed by atoms with E-state index in [4.69, 9.17) is 0 Å². The Labute approximate surface area is 203 Å². The number of pyridine rings is 1. The molecule has 2 aliphatic rings. The molecule has 1 aliphatic heterocycles. The summed E-state index contributed by atoms with van der Waals surface area (Å²) in [6, 6.07) is 10.4. The van der Waals surface area contributed by atoms with Crippen molar-refractivity contribution in [2.24, 2.45) is 11.8 Å². The van der Waals surface area contributed by atoms with Crippen molar-refractivity contribution in [2.45, 2.75) is 45.2 Å². The van der Waals surface area contributed by atoms with Gasteiger partial charge in [0, 0.05) is 24.2 Å². The number of hydrogen-bond donors (Lipinski definition) is 1. The van der Waals surface area contributed by atoms with E-state index in [1.54, 1.807) is 23.6 Å². The van der Waals surface area contributed by atoms with Gasteiger partial charge in [0.05, 0.1) is 17.0 Å². The van der Waals surface area contributed by atoms with Crippen LogP contribution in [0.5, 0.6) is 0 Å². The van der Waals surface area contributed by atoms with Crippen LogP contribution in [0.1, 0.15) is 53.3 Å². The molecular formula is C28H31F2N3O2. The van der Waals surface area contributed by atoms with Crippen molar-refractivity contribution in [1.82, 2.24) is 14.8 Å². The third-order valence-corrected chi connectivity index (χ3v) is 7.49. The Kier molecular flexibility index (Phi) is 6.45. The van der Waals surface area contributed by atoms with Gasteiger partial charge in [-0.2, -0.15) is 0 Å². The SMILES string of the molecule is Cc1c(C(=O)NC(CC2CC2)c2cccc(F)c2)c2cccc(F)c2c(=O)n1CC1CCN(C)C1. The van der Waals surface area contributed by atoms with Crippen LogP contribution in [0.4, 0.5) is 8.78 Å². The van der Waals surface area contributed by atoms with Crippen LogP contribution in [0, 0.1) is 30.4 Å². The lowest BCUT2D eigenvalue weighted by Gasteiger charge is -2.23. The highest BCUT2D eigenvalue weighted by atomic mass is 19.1. The normalized spacial score (nSPS) is 19.3. The Balaban J connectivity index is 1.56. The van der Waals surface area contributed by atoms with Gasteiger partial charge in [-0.25, -0.2) is 8.78 Å². The molecule has 2 atom stereocenters. The van der Waals surface area contributed by atoms with Gasteiger partial charge >= 0.3 is 0 Å². The summed E-state index contributed by atoms with van der Waals surface area (Å²) in [5.41, 5.74) is 1.15. The first-order valence-corrected chi connectivity index (χ1v) is 12.4. The van der Waals surface area contributed by atoms with Crippen molar-refractivity contribution in [3.05, 3.63) is 81.3 Å². The van der Waals surface area contributed by atoms with Crippen LogP contribution < -0.4 is 10.9 Å². The average molecular weight is 480 g/mol. The second kappa shape index (κ2) is 9.53. The summed E-state index contributed by atoms with van der Waals surface area (Å²) in [4.78, 5) is 29.4. The summed E-state index contributed by atoms with van der Waals surface area (Å²) >= 11 is 0. The van der Waals surface area contributed by atoms with Crippen molar-refractivity contribution < 1.29 is 13.6 Å². The number of fused-ring (bicyclic) bond motifs is 1. The van der Waals surface area contributed by atoms with Crippen LogP contribution in [0.15, 0.2) is 47.3 Å². The lowest BCUT2D eigenvalue weighted by molar-refractivity contribution is 0.0933. The number of aromatic nitrogens is 1. The van der Waals surface area contributed by atoms with Crippen molar-refractivity contribution in [1.29, 1.82) is 0 Å². The molecule has 35 heavy (non-hydrogen) atoms. The van der Waals surface area contributed by atoms with E-state index in [1.165, 1.54) is 24.3 Å². The van der Waals surface area contributed by atoms with Crippen LogP contribution in [0.2, 0.25) is 0 Å². The predicted molar refractivity (Wildman–Crippen MR) is 132 cm³/mol. The van der Waals surface area contributed by atoms with Gasteiger partial charge in [0.25, 0.3) is 11.5 Å². The molecule has 2 heterocycles. The maximum atomic E-state index is 14.9. The first-order valence-electron chi connectivity index (χ1n) is 12.4. The lowest BCUT2D eigenvalue weighted by Crippen LogP contribution is -2.34. The Morgan fingerprint density at radius 2 is 1.89 bits per heavy atom. The lowest BCUT2D eigenvalue weighted by atomic mass is 9.98. The summed E-state index contributed by atoms with van der Waals surface area (Å²) in [6.07, 6.45) is 3.85. The average Bonchev–Trinajstić information content (AvgIpc) is 3.54. The van der Waals surface area contributed by atoms with E-state index in [0.717, 1.165) is 32.4 Å². The first kappa shape index (κ1) is 23.7. The summed E-state index contributed by atoms with van der Waals surface area (Å²) in [6.45, 7) is 4.00. The van der Waals surface area contributed by atoms with Crippen molar-refractivity contribution >= 4 is 16.7 Å². The molecule has 5 rings (SSSR count). The first-order chi connectivity index (χ1) is 16.8. The van der Waals surface area contributed by atoms with Gasteiger partial charge in [-0.3, -0.25) is 9.59 Å². The molecule has 1 saturated carbocycles. The molecule has 0 spiro atoms. The summed E-state index contributed by atoms with van der Waals surface area (Å²) in [5.74, 6) is -0.598. The fraction of sp³-hybridized carbons (Fsp3) is 0.429. The minimum Gasteiger partial charge on any atom is -0.345 e. The summed E-state index contributed by atoms with van der Waals surface area (Å²) in [5, 5.41) is 3.35. The summed E-state index contributed by atoms with van der Waals surface area (Å²) < 4.78 is 30.5. The number of benzene rings is 2. The van der Waals surface area contributed by atoms with Gasteiger partial charge in [0.2, 0.25) is 0 Å². The molecule has 0 radical (unpaired) electrons. The Bertz CT molecular complexity index is 1330. The molecule has 2 unspecified atom stereocenters. The molecule has 3 aromatic rings. The number of carbonyl (C=O) groups excluding carboxylic acids is 1. The smallest absolute Gasteiger partial charge is 0.261 e. The fourth-order valence-corrected chi connectivity index (χ4v) is 5.43. The predicted octanol–water partition coefficient (Wildman–Crippen LogP) is 4.81. The second-order valence-corrected chi connectivity index (χ2v) is 10.2. The monoisotopic (exact) mass is 479 g/mol. The Hall–Kier alpha value is -3.06. The third kappa shape index (κ3) is 4.87. The van der Waals surface area contributed by atoms with Gasteiger partial charge in [0.15, 0.2) is 0 Å². The molecule has 184 valence electrons. The second-order valence-electron chi connectivity index (χ2n) is 10.2. The van der Waals surface area contributed by atoms with Crippen LogP contribution in [-0.2, 0) is 6.54 Å². The standard InChI is InChI=1S/C28H31F2N3O2/c1-17-25(27(34)31-24(13-18-9-10-18)20-5-3-6-21(29)14-20)22-7-4-8-23(30)26(22)28(35)33(17)16-19-11-12-32(2)15-19/h3-8,14,18-19,24H,9-13,15-16H2,1-2H3,(H,31,34). The third-order valence-electron chi connectivity index (χ3n) is 7.49. The van der Waals surface area contributed by atoms with E-state index < -0.39 is 11.4 Å². The number of hydrogen-bond acceptors (Lipinski definition) is 3. The number of nitrogens with one attached hydrogen (secondary N) is 1. The molecule has 1 aromatic heterocycles. The quantitative estimate of drug-likeness (QED) is 0.529. The van der Waals surface area contributed by atoms with E-state index in [2.05, 4.69) is 10.2 Å². The minimum atomic E-state index is -0.626. The van der Waals surface area contributed by atoms with Crippen molar-refractivity contribution in [2.75, 3.05) is 20.1 Å². The van der Waals surface area contributed by atoms with Gasteiger partial charge < -0.3 is 14.8 Å². The van der Waals surface area contributed by atoms with Gasteiger partial charge in [-0.15, -0.1) is 0 Å². The molecule has 2 fully saturated rings. The van der Waals surface area contributed by atoms with E-state index in [0.29, 0.717) is 41.1 Å². The molecule has 1 saturated heterocycles. The molecule has 1 N–H and O–H groups in total. The minimum absolute atomic E-state index is 0.0564. The molecule has 1 amide bonds. The molecule has 5 nitrogen and oxygen atoms in total. The largest absolute Gasteiger partial charge is 0.345 e. The maximum absolute atomic E-state index is 14.9. The van der Waals surface area contributed by atoms with Crippen LogP contribution in [0.25, 0.3) is 10.8 Å². The zero-order valence-electron chi connectivity index (χ0n) is 20.2. The number of amides is 1. The van der Waals surface area contributed by atoms with E-state index >= 15 is 0 Å². The van der Waals surface area contributed by atoms with E-state index in [1.807, 2.05) is 13.1 Å². The zero-order valence-corrected chi connectivity index (χ0v) is 20.2. The zero-order chi connectivity index (χ0) is 24.7. The van der Waals surface area contributed by atoms with Crippen molar-refractivity contribution in [3.8, 4) is 0 Å². The van der Waals surface area contributed by atoms with Gasteiger partial charge in [-0.1, -0.05) is 37.1 Å². The van der Waals surface area contributed by atoms with Gasteiger partial charge in [-0.05, 0) is 69.0 Å². The Morgan fingerprint density at radius 3 is 2.57 bits per heavy atom. The highest BCUT2D eigenvalue weighted by molar-refractivity contribution is 6.08. The number of rotatable bonds is 7. The molecule has 1 aliphatic carbocycles. The Morgan fingerprint density at radius 1 is 1.11 bits per heavy atom. The van der Waals surface area contributed by atoms with Crippen LogP contribution in [-0.4, -0.2) is 35.5 Å².